The zero-order chi connectivity index (χ0) is 11.6. The van der Waals surface area contributed by atoms with Crippen LogP contribution in [0, 0.1) is 15.9 Å². The molecule has 0 unspecified atom stereocenters. The van der Waals surface area contributed by atoms with E-state index in [-0.39, 0.29) is 10.7 Å². The number of halogens is 2. The molecular formula is C8H6ClFN2O3. The fraction of sp³-hybridized carbons (Fsp3) is 0.125. The second kappa shape index (κ2) is 4.22. The third-order valence-electron chi connectivity index (χ3n) is 1.54. The molecule has 1 N–H and O–H groups in total. The van der Waals surface area contributed by atoms with Crippen molar-refractivity contribution in [2.75, 3.05) is 5.32 Å². The number of nitro benzene ring substituents is 1. The molecule has 1 aromatic carbocycles. The average molecular weight is 233 g/mol. The van der Waals surface area contributed by atoms with E-state index in [9.17, 15) is 19.3 Å². The number of rotatable bonds is 2. The van der Waals surface area contributed by atoms with Crippen LogP contribution < -0.4 is 5.32 Å². The van der Waals surface area contributed by atoms with Crippen molar-refractivity contribution >= 4 is 28.9 Å². The summed E-state index contributed by atoms with van der Waals surface area (Å²) < 4.78 is 13.1. The first kappa shape index (κ1) is 11.4. The van der Waals surface area contributed by atoms with Gasteiger partial charge in [-0.25, -0.2) is 4.39 Å². The summed E-state index contributed by atoms with van der Waals surface area (Å²) in [6.45, 7) is 1.17. The minimum absolute atomic E-state index is 0.265. The van der Waals surface area contributed by atoms with Gasteiger partial charge in [0.2, 0.25) is 5.91 Å². The number of anilines is 1. The molecule has 0 aromatic heterocycles. The van der Waals surface area contributed by atoms with Crippen molar-refractivity contribution in [2.24, 2.45) is 0 Å². The summed E-state index contributed by atoms with van der Waals surface area (Å²) >= 11 is 5.44. The smallest absolute Gasteiger partial charge is 0.290 e. The molecule has 0 heterocycles. The lowest BCUT2D eigenvalue weighted by Crippen LogP contribution is -2.08. The zero-order valence-corrected chi connectivity index (χ0v) is 8.34. The Morgan fingerprint density at radius 3 is 2.67 bits per heavy atom. The predicted molar refractivity (Wildman–Crippen MR) is 52.4 cm³/mol. The van der Waals surface area contributed by atoms with Crippen LogP contribution in [0.1, 0.15) is 6.92 Å². The molecule has 0 radical (unpaired) electrons. The van der Waals surface area contributed by atoms with Gasteiger partial charge < -0.3 is 5.32 Å². The first-order chi connectivity index (χ1) is 6.91. The highest BCUT2D eigenvalue weighted by atomic mass is 35.5. The third kappa shape index (κ3) is 2.63. The molecule has 1 amide bonds. The summed E-state index contributed by atoms with van der Waals surface area (Å²) in [5, 5.41) is 12.3. The summed E-state index contributed by atoms with van der Waals surface area (Å²) in [5.74, 6) is -1.34. The molecule has 0 bridgehead atoms. The standard InChI is InChI=1S/C8H6ClFN2O3/c1-4(13)11-7-3-8(12(14)15)5(9)2-6(7)10/h2-3H,1H3,(H,11,13). The van der Waals surface area contributed by atoms with Crippen LogP contribution in [0.15, 0.2) is 12.1 Å². The number of hydrogen-bond donors (Lipinski definition) is 1. The van der Waals surface area contributed by atoms with Gasteiger partial charge in [-0.1, -0.05) is 11.6 Å². The summed E-state index contributed by atoms with van der Waals surface area (Å²) in [7, 11) is 0. The lowest BCUT2D eigenvalue weighted by molar-refractivity contribution is -0.384. The van der Waals surface area contributed by atoms with E-state index < -0.39 is 22.3 Å². The summed E-state index contributed by atoms with van der Waals surface area (Å²) in [6.07, 6.45) is 0. The van der Waals surface area contributed by atoms with Gasteiger partial charge in [0.1, 0.15) is 10.8 Å². The molecule has 0 aliphatic carbocycles. The maximum absolute atomic E-state index is 13.1. The minimum Gasteiger partial charge on any atom is -0.324 e. The Balaban J connectivity index is 3.23. The Morgan fingerprint density at radius 2 is 2.20 bits per heavy atom. The van der Waals surface area contributed by atoms with Gasteiger partial charge in [-0.2, -0.15) is 0 Å². The van der Waals surface area contributed by atoms with Crippen LogP contribution >= 0.6 is 11.6 Å². The summed E-state index contributed by atoms with van der Waals surface area (Å²) in [6, 6.07) is 1.66. The van der Waals surface area contributed by atoms with Crippen LogP contribution in [0.5, 0.6) is 0 Å². The Morgan fingerprint density at radius 1 is 1.60 bits per heavy atom. The average Bonchev–Trinajstić information content (AvgIpc) is 2.08. The van der Waals surface area contributed by atoms with Crippen molar-refractivity contribution in [2.45, 2.75) is 6.92 Å². The van der Waals surface area contributed by atoms with Gasteiger partial charge in [-0.3, -0.25) is 14.9 Å². The van der Waals surface area contributed by atoms with Crippen LogP contribution in [-0.2, 0) is 4.79 Å². The topological polar surface area (TPSA) is 72.2 Å². The van der Waals surface area contributed by atoms with Gasteiger partial charge in [-0.15, -0.1) is 0 Å². The molecule has 0 fully saturated rings. The van der Waals surface area contributed by atoms with Crippen molar-refractivity contribution in [1.82, 2.24) is 0 Å². The van der Waals surface area contributed by atoms with Crippen molar-refractivity contribution in [1.29, 1.82) is 0 Å². The lowest BCUT2D eigenvalue weighted by atomic mass is 10.2. The van der Waals surface area contributed by atoms with Crippen LogP contribution in [-0.4, -0.2) is 10.8 Å². The molecule has 0 aliphatic heterocycles. The Hall–Kier alpha value is -1.69. The number of benzene rings is 1. The van der Waals surface area contributed by atoms with E-state index in [0.29, 0.717) is 0 Å². The molecule has 0 saturated carbocycles. The molecule has 5 nitrogen and oxygen atoms in total. The van der Waals surface area contributed by atoms with E-state index in [1.54, 1.807) is 0 Å². The monoisotopic (exact) mass is 232 g/mol. The SMILES string of the molecule is CC(=O)Nc1cc([N+](=O)[O-])c(Cl)cc1F. The van der Waals surface area contributed by atoms with Crippen LogP contribution in [0.3, 0.4) is 0 Å². The van der Waals surface area contributed by atoms with Gasteiger partial charge in [0.15, 0.2) is 0 Å². The zero-order valence-electron chi connectivity index (χ0n) is 7.58. The second-order valence-electron chi connectivity index (χ2n) is 2.72. The van der Waals surface area contributed by atoms with E-state index in [0.717, 1.165) is 12.1 Å². The molecule has 0 atom stereocenters. The Bertz CT molecular complexity index is 436. The number of carbonyl (C=O) groups excluding carboxylic acids is 1. The van der Waals surface area contributed by atoms with Crippen LogP contribution in [0.2, 0.25) is 5.02 Å². The molecule has 7 heteroatoms. The van der Waals surface area contributed by atoms with E-state index in [4.69, 9.17) is 11.6 Å². The maximum Gasteiger partial charge on any atom is 0.290 e. The Labute approximate surface area is 89.0 Å². The number of nitrogens with zero attached hydrogens (tertiary/aromatic N) is 1. The van der Waals surface area contributed by atoms with Crippen LogP contribution in [0.25, 0.3) is 0 Å². The predicted octanol–water partition coefficient (Wildman–Crippen LogP) is 2.35. The van der Waals surface area contributed by atoms with Gasteiger partial charge in [0.05, 0.1) is 10.6 Å². The maximum atomic E-state index is 13.1. The molecule has 80 valence electrons. The molecular weight excluding hydrogens is 227 g/mol. The van der Waals surface area contributed by atoms with Gasteiger partial charge in [-0.05, 0) is 0 Å². The number of hydrogen-bond acceptors (Lipinski definition) is 3. The third-order valence-corrected chi connectivity index (χ3v) is 1.85. The lowest BCUT2D eigenvalue weighted by Gasteiger charge is -2.04. The normalized spacial score (nSPS) is 9.80. The summed E-state index contributed by atoms with van der Waals surface area (Å²) in [5.41, 5.74) is -0.722. The first-order valence-corrected chi connectivity index (χ1v) is 4.20. The molecule has 1 rings (SSSR count). The number of carbonyl (C=O) groups is 1. The molecule has 0 aliphatic rings. The fourth-order valence-electron chi connectivity index (χ4n) is 0.963. The van der Waals surface area contributed by atoms with E-state index >= 15 is 0 Å². The van der Waals surface area contributed by atoms with Gasteiger partial charge in [0, 0.05) is 19.1 Å². The quantitative estimate of drug-likeness (QED) is 0.628. The van der Waals surface area contributed by atoms with Crippen molar-refractivity contribution in [3.8, 4) is 0 Å². The number of amides is 1. The number of nitro groups is 1. The highest BCUT2D eigenvalue weighted by Crippen LogP contribution is 2.29. The second-order valence-corrected chi connectivity index (χ2v) is 3.13. The Kier molecular flexibility index (Phi) is 3.21. The van der Waals surface area contributed by atoms with Crippen molar-refractivity contribution in [3.63, 3.8) is 0 Å². The fourth-order valence-corrected chi connectivity index (χ4v) is 1.18. The van der Waals surface area contributed by atoms with Gasteiger partial charge >= 0.3 is 0 Å². The van der Waals surface area contributed by atoms with Gasteiger partial charge in [0.25, 0.3) is 5.69 Å². The largest absolute Gasteiger partial charge is 0.324 e. The van der Waals surface area contributed by atoms with E-state index in [1.165, 1.54) is 6.92 Å². The van der Waals surface area contributed by atoms with Crippen LogP contribution in [0.4, 0.5) is 15.8 Å². The van der Waals surface area contributed by atoms with E-state index in [2.05, 4.69) is 5.32 Å². The highest BCUT2D eigenvalue weighted by Gasteiger charge is 2.17. The van der Waals surface area contributed by atoms with Crippen molar-refractivity contribution in [3.05, 3.63) is 33.1 Å². The van der Waals surface area contributed by atoms with E-state index in [1.807, 2.05) is 0 Å². The molecule has 0 spiro atoms. The summed E-state index contributed by atoms with van der Waals surface area (Å²) in [4.78, 5) is 20.4. The van der Waals surface area contributed by atoms with Crippen molar-refractivity contribution < 1.29 is 14.1 Å². The first-order valence-electron chi connectivity index (χ1n) is 3.83. The minimum atomic E-state index is -0.819. The number of nitrogens with one attached hydrogen (secondary N) is 1. The molecule has 1 aromatic rings. The molecule has 0 saturated heterocycles. The molecule has 15 heavy (non-hydrogen) atoms. The highest BCUT2D eigenvalue weighted by molar-refractivity contribution is 6.32.